The molecular weight excluding hydrogens is 449 g/mol. The predicted octanol–water partition coefficient (Wildman–Crippen LogP) is 3.77. The molecule has 0 radical (unpaired) electrons. The highest BCUT2D eigenvalue weighted by molar-refractivity contribution is 5.95. The number of halogens is 3. The van der Waals surface area contributed by atoms with Gasteiger partial charge in [-0.25, -0.2) is 4.79 Å². The number of nitrogens with one attached hydrogen (secondary N) is 2. The zero-order valence-electron chi connectivity index (χ0n) is 18.6. The van der Waals surface area contributed by atoms with Crippen LogP contribution in [0.1, 0.15) is 29.9 Å². The maximum atomic E-state index is 13.6. The number of nitrogens with zero attached hydrogens (tertiary/aromatic N) is 2. The summed E-state index contributed by atoms with van der Waals surface area (Å²) >= 11 is 0. The van der Waals surface area contributed by atoms with E-state index >= 15 is 0 Å². The Bertz CT molecular complexity index is 1020. The number of carbonyl (C=O) groups excluding carboxylic acids is 1. The number of amides is 2. The van der Waals surface area contributed by atoms with Gasteiger partial charge in [-0.05, 0) is 48.2 Å². The lowest BCUT2D eigenvalue weighted by molar-refractivity contribution is -0.274. The van der Waals surface area contributed by atoms with Crippen molar-refractivity contribution in [1.82, 2.24) is 15.8 Å². The van der Waals surface area contributed by atoms with Gasteiger partial charge in [0.1, 0.15) is 5.75 Å². The molecule has 2 aromatic carbocycles. The largest absolute Gasteiger partial charge is 0.573 e. The van der Waals surface area contributed by atoms with Gasteiger partial charge in [0.05, 0.1) is 12.1 Å². The third kappa shape index (κ3) is 4.70. The molecule has 3 aliphatic rings. The molecule has 0 aliphatic carbocycles. The fourth-order valence-corrected chi connectivity index (χ4v) is 5.06. The van der Waals surface area contributed by atoms with Gasteiger partial charge in [0, 0.05) is 44.5 Å². The first-order chi connectivity index (χ1) is 16.3. The molecule has 0 bridgehead atoms. The van der Waals surface area contributed by atoms with Crippen LogP contribution in [0, 0.1) is 0 Å². The fourth-order valence-electron chi connectivity index (χ4n) is 5.06. The van der Waals surface area contributed by atoms with Gasteiger partial charge in [0.15, 0.2) is 0 Å². The number of benzene rings is 2. The molecule has 3 saturated heterocycles. The summed E-state index contributed by atoms with van der Waals surface area (Å²) in [6, 6.07) is 13.7. The Labute approximate surface area is 195 Å². The van der Waals surface area contributed by atoms with Gasteiger partial charge >= 0.3 is 12.4 Å². The lowest BCUT2D eigenvalue weighted by Crippen LogP contribution is -2.50. The first-order valence-corrected chi connectivity index (χ1v) is 11.4. The number of carbonyl (C=O) groups is 1. The number of ether oxygens (including phenoxy) is 2. The van der Waals surface area contributed by atoms with E-state index < -0.39 is 11.9 Å². The molecule has 0 unspecified atom stereocenters. The third-order valence-electron chi connectivity index (χ3n) is 6.88. The molecule has 0 atom stereocenters. The zero-order chi connectivity index (χ0) is 23.8. The summed E-state index contributed by atoms with van der Waals surface area (Å²) in [7, 11) is 0. The van der Waals surface area contributed by atoms with E-state index in [2.05, 4.69) is 27.7 Å². The Hall–Kier alpha value is -2.82. The summed E-state index contributed by atoms with van der Waals surface area (Å²) in [5.74, 6) is 0.0915. The van der Waals surface area contributed by atoms with Crippen LogP contribution < -0.4 is 20.5 Å². The minimum absolute atomic E-state index is 0.152. The van der Waals surface area contributed by atoms with E-state index in [-0.39, 0.29) is 18.3 Å². The van der Waals surface area contributed by atoms with Gasteiger partial charge in [-0.3, -0.25) is 15.8 Å². The third-order valence-corrected chi connectivity index (χ3v) is 6.88. The smallest absolute Gasteiger partial charge is 0.406 e. The number of hydrogen-bond acceptors (Lipinski definition) is 5. The molecule has 0 saturated carbocycles. The summed E-state index contributed by atoms with van der Waals surface area (Å²) in [5, 5.41) is 0. The molecule has 7 nitrogen and oxygen atoms in total. The van der Waals surface area contributed by atoms with E-state index in [1.54, 1.807) is 15.9 Å². The maximum Gasteiger partial charge on any atom is 0.573 e. The molecule has 0 aromatic heterocycles. The molecule has 2 amide bonds. The molecular formula is C24H27F3N4O3. The average molecular weight is 476 g/mol. The number of hydrazine groups is 1. The molecule has 2 N–H and O–H groups in total. The average Bonchev–Trinajstić information content (AvgIpc) is 3.43. The van der Waals surface area contributed by atoms with Gasteiger partial charge in [-0.2, -0.15) is 0 Å². The Morgan fingerprint density at radius 1 is 1.06 bits per heavy atom. The van der Waals surface area contributed by atoms with Crippen molar-refractivity contribution in [3.63, 3.8) is 0 Å². The number of anilines is 1. The second-order valence-electron chi connectivity index (χ2n) is 9.04. The molecule has 3 fully saturated rings. The van der Waals surface area contributed by atoms with E-state index in [9.17, 15) is 18.0 Å². The number of rotatable bonds is 5. The van der Waals surface area contributed by atoms with Crippen LogP contribution in [0.3, 0.4) is 0 Å². The topological polar surface area (TPSA) is 66.1 Å². The lowest BCUT2D eigenvalue weighted by Gasteiger charge is -2.40. The summed E-state index contributed by atoms with van der Waals surface area (Å²) < 4.78 is 47.7. The highest BCUT2D eigenvalue weighted by atomic mass is 19.4. The molecule has 182 valence electrons. The van der Waals surface area contributed by atoms with E-state index in [1.807, 2.05) is 12.1 Å². The van der Waals surface area contributed by atoms with Crippen LogP contribution in [-0.2, 0) is 11.3 Å². The van der Waals surface area contributed by atoms with Crippen molar-refractivity contribution >= 4 is 11.7 Å². The van der Waals surface area contributed by atoms with Crippen molar-refractivity contribution < 1.29 is 27.4 Å². The summed E-state index contributed by atoms with van der Waals surface area (Å²) in [6.07, 6.45) is -3.42. The van der Waals surface area contributed by atoms with E-state index in [0.717, 1.165) is 18.8 Å². The summed E-state index contributed by atoms with van der Waals surface area (Å²) in [6.45, 7) is 3.50. The van der Waals surface area contributed by atoms with Crippen molar-refractivity contribution in [3.8, 4) is 5.75 Å². The molecule has 2 aromatic rings. The molecule has 5 rings (SSSR count). The maximum absolute atomic E-state index is 13.6. The summed E-state index contributed by atoms with van der Waals surface area (Å²) in [4.78, 5) is 17.2. The van der Waals surface area contributed by atoms with Crippen molar-refractivity contribution in [2.24, 2.45) is 0 Å². The van der Waals surface area contributed by atoms with Crippen LogP contribution in [-0.4, -0.2) is 55.7 Å². The second kappa shape index (κ2) is 9.09. The highest BCUT2D eigenvalue weighted by Gasteiger charge is 2.50. The molecule has 10 heteroatoms. The minimum Gasteiger partial charge on any atom is -0.406 e. The van der Waals surface area contributed by atoms with Gasteiger partial charge in [0.25, 0.3) is 0 Å². The van der Waals surface area contributed by atoms with Gasteiger partial charge in [0.2, 0.25) is 0 Å². The fraction of sp³-hybridized carbons (Fsp3) is 0.458. The zero-order valence-corrected chi connectivity index (χ0v) is 18.6. The Kier molecular flexibility index (Phi) is 6.13. The first-order valence-electron chi connectivity index (χ1n) is 11.4. The van der Waals surface area contributed by atoms with Crippen LogP contribution in [0.5, 0.6) is 5.75 Å². The van der Waals surface area contributed by atoms with Crippen molar-refractivity contribution in [3.05, 3.63) is 59.7 Å². The number of urea groups is 1. The normalized spacial score (nSPS) is 21.0. The second-order valence-corrected chi connectivity index (χ2v) is 9.04. The number of alkyl halides is 3. The van der Waals surface area contributed by atoms with Gasteiger partial charge in [-0.15, -0.1) is 13.2 Å². The molecule has 3 aliphatic heterocycles. The van der Waals surface area contributed by atoms with Crippen LogP contribution in [0.15, 0.2) is 48.5 Å². The Morgan fingerprint density at radius 2 is 1.76 bits per heavy atom. The highest BCUT2D eigenvalue weighted by Crippen LogP contribution is 2.39. The van der Waals surface area contributed by atoms with Crippen LogP contribution in [0.25, 0.3) is 0 Å². The van der Waals surface area contributed by atoms with Crippen LogP contribution in [0.2, 0.25) is 0 Å². The minimum atomic E-state index is -4.77. The van der Waals surface area contributed by atoms with E-state index in [4.69, 9.17) is 4.74 Å². The molecule has 34 heavy (non-hydrogen) atoms. The monoisotopic (exact) mass is 476 g/mol. The van der Waals surface area contributed by atoms with Crippen molar-refractivity contribution in [2.45, 2.75) is 37.2 Å². The van der Waals surface area contributed by atoms with E-state index in [0.29, 0.717) is 44.1 Å². The molecule has 3 heterocycles. The predicted molar refractivity (Wildman–Crippen MR) is 119 cm³/mol. The van der Waals surface area contributed by atoms with Gasteiger partial charge in [-0.1, -0.05) is 24.3 Å². The van der Waals surface area contributed by atoms with Crippen molar-refractivity contribution in [1.29, 1.82) is 0 Å². The summed E-state index contributed by atoms with van der Waals surface area (Å²) in [5.41, 5.74) is 8.42. The first kappa shape index (κ1) is 22.9. The van der Waals surface area contributed by atoms with Crippen molar-refractivity contribution in [2.75, 3.05) is 37.7 Å². The van der Waals surface area contributed by atoms with Crippen LogP contribution >= 0.6 is 0 Å². The Morgan fingerprint density at radius 3 is 2.44 bits per heavy atom. The number of hydrogen-bond donors (Lipinski definition) is 2. The van der Waals surface area contributed by atoms with Crippen LogP contribution in [0.4, 0.5) is 23.7 Å². The van der Waals surface area contributed by atoms with E-state index in [1.165, 1.54) is 23.8 Å². The van der Waals surface area contributed by atoms with Gasteiger partial charge < -0.3 is 14.4 Å². The standard InChI is InChI=1S/C24H27F3N4O3/c25-24(26,27)34-21-3-1-2-17(12-21)15-31-22(32)30(16-23(31)8-10-33-11-9-23)20-6-4-18(5-7-20)19-13-28-29-14-19/h1-7,12,19,28-29H,8-11,13-16H2. The molecule has 1 spiro atoms. The quantitative estimate of drug-likeness (QED) is 0.688. The Balaban J connectivity index is 1.39. The lowest BCUT2D eigenvalue weighted by atomic mass is 9.89. The SMILES string of the molecule is O=C1N(c2ccc(C3CNNC3)cc2)CC2(CCOCC2)N1Cc1cccc(OC(F)(F)F)c1.